The van der Waals surface area contributed by atoms with Crippen LogP contribution in [0.5, 0.6) is 5.75 Å². The van der Waals surface area contributed by atoms with Crippen molar-refractivity contribution in [3.05, 3.63) is 72.0 Å². The number of hydrogen-bond donors (Lipinski definition) is 1. The summed E-state index contributed by atoms with van der Waals surface area (Å²) in [6.07, 6.45) is 5.24. The molecule has 1 saturated carbocycles. The number of hydrogen-bond acceptors (Lipinski definition) is 6. The lowest BCUT2D eigenvalue weighted by molar-refractivity contribution is 0.0692. The molecule has 0 spiro atoms. The summed E-state index contributed by atoms with van der Waals surface area (Å²) in [5, 5.41) is 9.54. The third-order valence-corrected chi connectivity index (χ3v) is 10.1. The van der Waals surface area contributed by atoms with Crippen LogP contribution in [0.4, 0.5) is 15.8 Å². The molecule has 3 aromatic carbocycles. The molecule has 0 bridgehead atoms. The smallest absolute Gasteiger partial charge is 0.338 e. The number of carboxylic acids is 1. The number of sulfonamides is 1. The van der Waals surface area contributed by atoms with E-state index in [9.17, 15) is 22.7 Å². The van der Waals surface area contributed by atoms with Gasteiger partial charge in [0.25, 0.3) is 0 Å². The van der Waals surface area contributed by atoms with Crippen molar-refractivity contribution in [1.82, 2.24) is 4.31 Å². The molecule has 8 nitrogen and oxygen atoms in total. The summed E-state index contributed by atoms with van der Waals surface area (Å²) >= 11 is 0. The molecule has 1 fully saturated rings. The Morgan fingerprint density at radius 2 is 1.76 bits per heavy atom. The summed E-state index contributed by atoms with van der Waals surface area (Å²) < 4.78 is 55.7. The Hall–Kier alpha value is -3.47. The van der Waals surface area contributed by atoms with Crippen molar-refractivity contribution in [3.8, 4) is 16.9 Å². The number of para-hydroxylation sites is 1. The highest BCUT2D eigenvalue weighted by Gasteiger charge is 2.41. The second kappa shape index (κ2) is 12.2. The quantitative estimate of drug-likeness (QED) is 0.329. The number of anilines is 2. The van der Waals surface area contributed by atoms with E-state index >= 15 is 0 Å². The van der Waals surface area contributed by atoms with Crippen molar-refractivity contribution >= 4 is 27.4 Å². The number of rotatable bonds is 8. The van der Waals surface area contributed by atoms with Crippen LogP contribution in [0, 0.1) is 11.7 Å². The van der Waals surface area contributed by atoms with Gasteiger partial charge in [-0.25, -0.2) is 17.6 Å². The minimum Gasteiger partial charge on any atom is -0.490 e. The van der Waals surface area contributed by atoms with Crippen LogP contribution in [0.25, 0.3) is 11.1 Å². The van der Waals surface area contributed by atoms with Gasteiger partial charge in [0.05, 0.1) is 17.9 Å². The van der Waals surface area contributed by atoms with Gasteiger partial charge >= 0.3 is 5.97 Å². The average Bonchev–Trinajstić information content (AvgIpc) is 3.06. The van der Waals surface area contributed by atoms with Gasteiger partial charge in [-0.1, -0.05) is 43.5 Å². The molecule has 0 saturated heterocycles. The number of benzene rings is 3. The number of carboxylic acid groups (broad SMARTS) is 1. The van der Waals surface area contributed by atoms with Gasteiger partial charge in [0.15, 0.2) is 0 Å². The number of methoxy groups -OCH3 is 1. The summed E-state index contributed by atoms with van der Waals surface area (Å²) in [6.45, 7) is 0.930. The van der Waals surface area contributed by atoms with Crippen LogP contribution in [0.3, 0.4) is 0 Å². The molecular formula is C31H35FN2O6S. The van der Waals surface area contributed by atoms with Crippen LogP contribution in [0.15, 0.2) is 65.6 Å². The zero-order valence-electron chi connectivity index (χ0n) is 23.3. The lowest BCUT2D eigenvalue weighted by atomic mass is 9.83. The zero-order valence-corrected chi connectivity index (χ0v) is 24.1. The monoisotopic (exact) mass is 582 g/mol. The molecular weight excluding hydrogens is 547 g/mol. The summed E-state index contributed by atoms with van der Waals surface area (Å²) in [5.41, 5.74) is 1.49. The standard InChI is InChI=1S/C31H35FN2O6S/c1-33-28(21-9-5-3-6-10-21)20-34(23-11-7-4-8-12-23)27-19-29(40-16-15-39-2)24(18-30(27)41(33,37)38)22-13-14-26(32)25(17-22)31(35)36/h4,7-8,11-14,17-19,21,28H,3,5-6,9-10,15-16,20H2,1-2H3,(H,35,36)/t28-/m0/s1. The van der Waals surface area contributed by atoms with E-state index in [0.717, 1.165) is 43.9 Å². The van der Waals surface area contributed by atoms with Crippen molar-refractivity contribution < 1.29 is 32.2 Å². The molecule has 2 aliphatic rings. The Bertz CT molecular complexity index is 1510. The Kier molecular flexibility index (Phi) is 8.63. The summed E-state index contributed by atoms with van der Waals surface area (Å²) in [6, 6.07) is 16.4. The first kappa shape index (κ1) is 29.0. The van der Waals surface area contributed by atoms with Crippen LogP contribution in [0.2, 0.25) is 0 Å². The highest BCUT2D eigenvalue weighted by atomic mass is 32.2. The van der Waals surface area contributed by atoms with Crippen LogP contribution < -0.4 is 9.64 Å². The molecule has 1 aliphatic carbocycles. The molecule has 218 valence electrons. The molecule has 0 aromatic heterocycles. The fraction of sp³-hybridized carbons (Fsp3) is 0.387. The maximum atomic E-state index is 14.3. The first-order valence-electron chi connectivity index (χ1n) is 13.9. The fourth-order valence-corrected chi connectivity index (χ4v) is 7.56. The SMILES string of the molecule is COCCOc1cc2c(cc1-c1ccc(F)c(C(=O)O)c1)S(=O)(=O)N(C)[C@H](C1CCCCC1)CN2c1ccccc1. The Morgan fingerprint density at radius 1 is 1.02 bits per heavy atom. The Morgan fingerprint density at radius 3 is 2.44 bits per heavy atom. The highest BCUT2D eigenvalue weighted by molar-refractivity contribution is 7.89. The van der Waals surface area contributed by atoms with E-state index in [0.29, 0.717) is 29.1 Å². The molecule has 10 heteroatoms. The topological polar surface area (TPSA) is 96.4 Å². The predicted molar refractivity (Wildman–Crippen MR) is 155 cm³/mol. The molecule has 41 heavy (non-hydrogen) atoms. The summed E-state index contributed by atoms with van der Waals surface area (Å²) in [4.78, 5) is 13.8. The maximum Gasteiger partial charge on any atom is 0.338 e. The van der Waals surface area contributed by atoms with Crippen molar-refractivity contribution in [2.75, 3.05) is 38.8 Å². The fourth-order valence-electron chi connectivity index (χ4n) is 5.95. The van der Waals surface area contributed by atoms with Crippen LogP contribution in [-0.4, -0.2) is 63.8 Å². The van der Waals surface area contributed by atoms with Crippen LogP contribution >= 0.6 is 0 Å². The summed E-state index contributed by atoms with van der Waals surface area (Å²) in [7, 11) is -0.787. The third-order valence-electron chi connectivity index (χ3n) is 8.16. The molecule has 1 atom stereocenters. The second-order valence-electron chi connectivity index (χ2n) is 10.6. The molecule has 1 aliphatic heterocycles. The van der Waals surface area contributed by atoms with E-state index in [4.69, 9.17) is 9.47 Å². The Labute approximate surface area is 240 Å². The van der Waals surface area contributed by atoms with Gasteiger partial charge in [0.2, 0.25) is 10.0 Å². The minimum atomic E-state index is -3.98. The van der Waals surface area contributed by atoms with Gasteiger partial charge in [0, 0.05) is 44.1 Å². The van der Waals surface area contributed by atoms with E-state index in [1.165, 1.54) is 22.5 Å². The van der Waals surface area contributed by atoms with Crippen LogP contribution in [0.1, 0.15) is 42.5 Å². The van der Waals surface area contributed by atoms with Gasteiger partial charge in [0.1, 0.15) is 23.1 Å². The molecule has 0 amide bonds. The second-order valence-corrected chi connectivity index (χ2v) is 12.6. The van der Waals surface area contributed by atoms with E-state index in [-0.39, 0.29) is 30.1 Å². The van der Waals surface area contributed by atoms with Gasteiger partial charge in [-0.2, -0.15) is 4.31 Å². The first-order chi connectivity index (χ1) is 19.7. The molecule has 3 aromatic rings. The van der Waals surface area contributed by atoms with Gasteiger partial charge in [-0.15, -0.1) is 0 Å². The predicted octanol–water partition coefficient (Wildman–Crippen LogP) is 5.94. The normalized spacial score (nSPS) is 19.4. The maximum absolute atomic E-state index is 14.3. The van der Waals surface area contributed by atoms with E-state index in [2.05, 4.69) is 0 Å². The largest absolute Gasteiger partial charge is 0.490 e. The van der Waals surface area contributed by atoms with E-state index in [1.807, 2.05) is 35.2 Å². The summed E-state index contributed by atoms with van der Waals surface area (Å²) in [5.74, 6) is -1.73. The van der Waals surface area contributed by atoms with E-state index in [1.54, 1.807) is 20.2 Å². The molecule has 0 unspecified atom stereocenters. The van der Waals surface area contributed by atoms with Gasteiger partial charge < -0.3 is 19.5 Å². The number of ether oxygens (including phenoxy) is 2. The zero-order chi connectivity index (χ0) is 29.1. The van der Waals surface area contributed by atoms with Crippen molar-refractivity contribution in [2.24, 2.45) is 5.92 Å². The number of aromatic carboxylic acids is 1. The van der Waals surface area contributed by atoms with Crippen molar-refractivity contribution in [1.29, 1.82) is 0 Å². The number of carbonyl (C=O) groups is 1. The van der Waals surface area contributed by atoms with Gasteiger partial charge in [-0.05, 0) is 54.7 Å². The number of halogens is 1. The third kappa shape index (κ3) is 5.82. The van der Waals surface area contributed by atoms with Crippen LogP contribution in [-0.2, 0) is 14.8 Å². The number of nitrogens with zero attached hydrogens (tertiary/aromatic N) is 2. The minimum absolute atomic E-state index is 0.0810. The molecule has 1 heterocycles. The molecule has 0 radical (unpaired) electrons. The highest BCUT2D eigenvalue weighted by Crippen LogP contribution is 2.45. The Balaban J connectivity index is 1.74. The number of fused-ring (bicyclic) bond motifs is 1. The van der Waals surface area contributed by atoms with Crippen molar-refractivity contribution in [3.63, 3.8) is 0 Å². The lowest BCUT2D eigenvalue weighted by Gasteiger charge is -2.36. The van der Waals surface area contributed by atoms with Crippen molar-refractivity contribution in [2.45, 2.75) is 43.0 Å². The lowest BCUT2D eigenvalue weighted by Crippen LogP contribution is -2.46. The van der Waals surface area contributed by atoms with E-state index < -0.39 is 27.4 Å². The molecule has 5 rings (SSSR count). The first-order valence-corrected chi connectivity index (χ1v) is 15.3. The number of likely N-dealkylation sites (N-methyl/N-ethyl adjacent to an activating group) is 1. The van der Waals surface area contributed by atoms with Gasteiger partial charge in [-0.3, -0.25) is 0 Å². The molecule has 1 N–H and O–H groups in total. The average molecular weight is 583 g/mol.